The van der Waals surface area contributed by atoms with Crippen LogP contribution in [-0.2, 0) is 0 Å². The summed E-state index contributed by atoms with van der Waals surface area (Å²) in [6, 6.07) is 22.7. The molecule has 0 bridgehead atoms. The van der Waals surface area contributed by atoms with E-state index in [2.05, 4.69) is 41.4 Å². The molecule has 0 amide bonds. The monoisotopic (exact) mass is 258 g/mol. The quantitative estimate of drug-likeness (QED) is 0.482. The van der Waals surface area contributed by atoms with Gasteiger partial charge in [0.15, 0.2) is 0 Å². The smallest absolute Gasteiger partial charge is 0.0495 e. The molecule has 20 heavy (non-hydrogen) atoms. The van der Waals surface area contributed by atoms with Gasteiger partial charge < -0.3 is 10.7 Å². The summed E-state index contributed by atoms with van der Waals surface area (Å²) < 4.78 is 0. The van der Waals surface area contributed by atoms with Crippen LogP contribution >= 0.6 is 0 Å². The van der Waals surface area contributed by atoms with E-state index in [9.17, 15) is 0 Å². The van der Waals surface area contributed by atoms with Crippen LogP contribution in [0.25, 0.3) is 32.9 Å². The molecule has 0 saturated heterocycles. The maximum Gasteiger partial charge on any atom is 0.0495 e. The third kappa shape index (κ3) is 1.51. The van der Waals surface area contributed by atoms with Gasteiger partial charge in [0, 0.05) is 33.1 Å². The summed E-state index contributed by atoms with van der Waals surface area (Å²) in [5.74, 6) is 0. The third-order valence-electron chi connectivity index (χ3n) is 3.80. The molecule has 3 aromatic carbocycles. The van der Waals surface area contributed by atoms with Gasteiger partial charge in [-0.3, -0.25) is 0 Å². The Hall–Kier alpha value is -2.74. The second kappa shape index (κ2) is 4.14. The van der Waals surface area contributed by atoms with Crippen LogP contribution in [0.1, 0.15) is 0 Å². The van der Waals surface area contributed by atoms with Crippen LogP contribution in [0.15, 0.2) is 66.7 Å². The van der Waals surface area contributed by atoms with Crippen molar-refractivity contribution in [1.29, 1.82) is 0 Å². The lowest BCUT2D eigenvalue weighted by Crippen LogP contribution is -1.91. The van der Waals surface area contributed by atoms with E-state index < -0.39 is 0 Å². The van der Waals surface area contributed by atoms with Crippen molar-refractivity contribution in [3.05, 3.63) is 66.7 Å². The lowest BCUT2D eigenvalue weighted by atomic mass is 10.00. The fourth-order valence-electron chi connectivity index (χ4n) is 2.84. The molecule has 2 heteroatoms. The second-order valence-corrected chi connectivity index (χ2v) is 4.99. The maximum atomic E-state index is 6.44. The predicted octanol–water partition coefficient (Wildman–Crippen LogP) is 4.57. The van der Waals surface area contributed by atoms with E-state index in [0.29, 0.717) is 0 Å². The first-order chi connectivity index (χ1) is 9.84. The van der Waals surface area contributed by atoms with Crippen molar-refractivity contribution in [2.45, 2.75) is 0 Å². The van der Waals surface area contributed by atoms with Gasteiger partial charge in [0.05, 0.1) is 0 Å². The largest absolute Gasteiger partial charge is 0.398 e. The average Bonchev–Trinajstić information content (AvgIpc) is 2.88. The fourth-order valence-corrected chi connectivity index (χ4v) is 2.84. The van der Waals surface area contributed by atoms with Gasteiger partial charge in [-0.25, -0.2) is 0 Å². The van der Waals surface area contributed by atoms with Crippen molar-refractivity contribution < 1.29 is 0 Å². The summed E-state index contributed by atoms with van der Waals surface area (Å²) in [4.78, 5) is 3.42. The molecule has 0 atom stereocenters. The number of aromatic amines is 1. The molecule has 0 spiro atoms. The molecule has 96 valence electrons. The molecule has 0 fully saturated rings. The number of anilines is 1. The van der Waals surface area contributed by atoms with Crippen LogP contribution in [-0.4, -0.2) is 4.98 Å². The van der Waals surface area contributed by atoms with Crippen LogP contribution in [0.4, 0.5) is 5.69 Å². The number of nitrogen functional groups attached to an aromatic ring is 1. The van der Waals surface area contributed by atoms with E-state index in [1.165, 1.54) is 5.39 Å². The van der Waals surface area contributed by atoms with E-state index in [1.807, 2.05) is 30.3 Å². The van der Waals surface area contributed by atoms with Crippen LogP contribution in [0.5, 0.6) is 0 Å². The molecular weight excluding hydrogens is 244 g/mol. The van der Waals surface area contributed by atoms with E-state index >= 15 is 0 Å². The van der Waals surface area contributed by atoms with E-state index in [4.69, 9.17) is 5.73 Å². The highest BCUT2D eigenvalue weighted by molar-refractivity contribution is 6.15. The number of H-pyrrole nitrogens is 1. The summed E-state index contributed by atoms with van der Waals surface area (Å²) in [5.41, 5.74) is 11.7. The third-order valence-corrected chi connectivity index (χ3v) is 3.80. The van der Waals surface area contributed by atoms with Crippen molar-refractivity contribution in [1.82, 2.24) is 4.98 Å². The highest BCUT2D eigenvalue weighted by Gasteiger charge is 2.11. The number of para-hydroxylation sites is 1. The first-order valence-electron chi connectivity index (χ1n) is 6.69. The number of hydrogen-bond acceptors (Lipinski definition) is 1. The van der Waals surface area contributed by atoms with Gasteiger partial charge in [0.2, 0.25) is 0 Å². The Kier molecular flexibility index (Phi) is 2.30. The van der Waals surface area contributed by atoms with Crippen LogP contribution < -0.4 is 5.73 Å². The molecule has 1 heterocycles. The van der Waals surface area contributed by atoms with Crippen molar-refractivity contribution >= 4 is 27.5 Å². The summed E-state index contributed by atoms with van der Waals surface area (Å²) in [6.07, 6.45) is 0. The van der Waals surface area contributed by atoms with E-state index in [1.54, 1.807) is 0 Å². The number of rotatable bonds is 1. The van der Waals surface area contributed by atoms with Crippen molar-refractivity contribution in [2.24, 2.45) is 0 Å². The molecule has 0 unspecified atom stereocenters. The minimum Gasteiger partial charge on any atom is -0.398 e. The predicted molar refractivity (Wildman–Crippen MR) is 85.7 cm³/mol. The van der Waals surface area contributed by atoms with Crippen molar-refractivity contribution in [2.75, 3.05) is 5.73 Å². The molecule has 4 aromatic rings. The Labute approximate surface area is 116 Å². The fraction of sp³-hybridized carbons (Fsp3) is 0. The van der Waals surface area contributed by atoms with Crippen LogP contribution in [0.2, 0.25) is 0 Å². The number of fused-ring (bicyclic) bond motifs is 3. The van der Waals surface area contributed by atoms with E-state index in [0.717, 1.165) is 33.2 Å². The van der Waals surface area contributed by atoms with Gasteiger partial charge in [0.25, 0.3) is 0 Å². The van der Waals surface area contributed by atoms with Crippen molar-refractivity contribution in [3.8, 4) is 11.1 Å². The number of nitrogens with one attached hydrogen (secondary N) is 1. The second-order valence-electron chi connectivity index (χ2n) is 4.99. The van der Waals surface area contributed by atoms with Crippen molar-refractivity contribution in [3.63, 3.8) is 0 Å². The zero-order chi connectivity index (χ0) is 13.5. The summed E-state index contributed by atoms with van der Waals surface area (Å²) >= 11 is 0. The van der Waals surface area contributed by atoms with E-state index in [-0.39, 0.29) is 0 Å². The standard InChI is InChI=1S/C18H14N2/c19-18-13(12-6-2-1-3-7-12)10-11-16-17(18)14-8-4-5-9-15(14)20-16/h1-11,20H,19H2. The van der Waals surface area contributed by atoms with Gasteiger partial charge >= 0.3 is 0 Å². The molecule has 0 saturated carbocycles. The summed E-state index contributed by atoms with van der Waals surface area (Å²) in [5, 5.41) is 2.29. The first kappa shape index (κ1) is 11.1. The number of hydrogen-bond donors (Lipinski definition) is 2. The minimum absolute atomic E-state index is 0.839. The van der Waals surface area contributed by atoms with Gasteiger partial charge in [-0.15, -0.1) is 0 Å². The highest BCUT2D eigenvalue weighted by atomic mass is 14.7. The molecule has 4 rings (SSSR count). The molecule has 1 aromatic heterocycles. The molecule has 0 aliphatic rings. The zero-order valence-electron chi connectivity index (χ0n) is 10.9. The Morgan fingerprint density at radius 1 is 0.700 bits per heavy atom. The zero-order valence-corrected chi connectivity index (χ0v) is 10.9. The molecule has 3 N–H and O–H groups in total. The molecule has 0 aliphatic carbocycles. The molecular formula is C18H14N2. The molecule has 0 aliphatic heterocycles. The first-order valence-corrected chi connectivity index (χ1v) is 6.69. The summed E-state index contributed by atoms with van der Waals surface area (Å²) in [6.45, 7) is 0. The number of nitrogens with two attached hydrogens (primary N) is 1. The normalized spacial score (nSPS) is 11.2. The van der Waals surface area contributed by atoms with Gasteiger partial charge in [0.1, 0.15) is 0 Å². The summed E-state index contributed by atoms with van der Waals surface area (Å²) in [7, 11) is 0. The van der Waals surface area contributed by atoms with Crippen LogP contribution in [0, 0.1) is 0 Å². The lowest BCUT2D eigenvalue weighted by Gasteiger charge is -2.07. The SMILES string of the molecule is Nc1c(-c2ccccc2)ccc2[nH]c3ccccc3c12. The Morgan fingerprint density at radius 3 is 2.30 bits per heavy atom. The number of aromatic nitrogens is 1. The topological polar surface area (TPSA) is 41.8 Å². The minimum atomic E-state index is 0.839. The Bertz CT molecular complexity index is 905. The van der Waals surface area contributed by atoms with Crippen LogP contribution in [0.3, 0.4) is 0 Å². The Morgan fingerprint density at radius 2 is 1.45 bits per heavy atom. The Balaban J connectivity index is 2.10. The number of benzene rings is 3. The van der Waals surface area contributed by atoms with Gasteiger partial charge in [-0.1, -0.05) is 54.6 Å². The average molecular weight is 258 g/mol. The van der Waals surface area contributed by atoms with Gasteiger partial charge in [-0.2, -0.15) is 0 Å². The highest BCUT2D eigenvalue weighted by Crippen LogP contribution is 2.36. The molecule has 2 nitrogen and oxygen atoms in total. The maximum absolute atomic E-state index is 6.44. The van der Waals surface area contributed by atoms with Gasteiger partial charge in [-0.05, 0) is 17.7 Å². The molecule has 0 radical (unpaired) electrons. The lowest BCUT2D eigenvalue weighted by molar-refractivity contribution is 1.54.